The summed E-state index contributed by atoms with van der Waals surface area (Å²) in [7, 11) is 3.11. The molecule has 0 atom stereocenters. The van der Waals surface area contributed by atoms with Crippen molar-refractivity contribution in [2.45, 2.75) is 6.92 Å². The molecule has 0 spiro atoms. The quantitative estimate of drug-likeness (QED) is 0.228. The van der Waals surface area contributed by atoms with Crippen molar-refractivity contribution in [3.8, 4) is 0 Å². The van der Waals surface area contributed by atoms with Crippen LogP contribution in [0.15, 0.2) is 20.2 Å². The Kier molecular flexibility index (Phi) is 10.8. The summed E-state index contributed by atoms with van der Waals surface area (Å²) in [5.74, 6) is 0.451. The summed E-state index contributed by atoms with van der Waals surface area (Å²) in [5, 5.41) is 7.62. The second-order valence-electron chi connectivity index (χ2n) is 2.45. The molecule has 8 nitrogen and oxygen atoms in total. The van der Waals surface area contributed by atoms with Crippen LogP contribution in [0.25, 0.3) is 0 Å². The van der Waals surface area contributed by atoms with E-state index >= 15 is 0 Å². The Balaban J connectivity index is 0. The van der Waals surface area contributed by atoms with Gasteiger partial charge >= 0.3 is 0 Å². The summed E-state index contributed by atoms with van der Waals surface area (Å²) < 4.78 is 0. The van der Waals surface area contributed by atoms with Gasteiger partial charge in [0.1, 0.15) is 0 Å². The van der Waals surface area contributed by atoms with Gasteiger partial charge in [-0.15, -0.1) is 24.0 Å². The Hall–Kier alpha value is -1.39. The molecule has 0 rings (SSSR count). The highest BCUT2D eigenvalue weighted by molar-refractivity contribution is 14.0. The van der Waals surface area contributed by atoms with Crippen LogP contribution in [-0.4, -0.2) is 37.9 Å². The van der Waals surface area contributed by atoms with Crippen molar-refractivity contribution in [2.75, 3.05) is 14.1 Å². The van der Waals surface area contributed by atoms with Gasteiger partial charge in [-0.3, -0.25) is 9.98 Å². The van der Waals surface area contributed by atoms with Crippen molar-refractivity contribution >= 4 is 47.8 Å². The van der Waals surface area contributed by atoms with Crippen molar-refractivity contribution < 1.29 is 0 Å². The Labute approximate surface area is 111 Å². The maximum absolute atomic E-state index is 5.35. The van der Waals surface area contributed by atoms with E-state index < -0.39 is 0 Å². The average Bonchev–Trinajstić information content (AvgIpc) is 2.25. The monoisotopic (exact) mass is 340 g/mol. The Morgan fingerprint density at radius 2 is 1.56 bits per heavy atom. The van der Waals surface area contributed by atoms with E-state index in [0.29, 0.717) is 5.71 Å². The number of hydrazone groups is 2. The molecule has 0 saturated carbocycles. The third-order valence-electron chi connectivity index (χ3n) is 1.26. The zero-order valence-electron chi connectivity index (χ0n) is 9.43. The van der Waals surface area contributed by atoms with Gasteiger partial charge in [-0.05, 0) is 6.92 Å². The molecular formula is C7H17IN8. The fourth-order valence-electron chi connectivity index (χ4n) is 0.466. The summed E-state index contributed by atoms with van der Waals surface area (Å²) in [6.07, 6.45) is 1.47. The van der Waals surface area contributed by atoms with Gasteiger partial charge in [-0.1, -0.05) is 0 Å². The first kappa shape index (κ1) is 17.0. The van der Waals surface area contributed by atoms with Gasteiger partial charge in [-0.25, -0.2) is 10.9 Å². The number of aliphatic imine (C=N–C) groups is 2. The largest absolute Gasteiger partial charge is 0.369 e. The van der Waals surface area contributed by atoms with Crippen LogP contribution in [0.5, 0.6) is 0 Å². The van der Waals surface area contributed by atoms with Crippen molar-refractivity contribution in [3.05, 3.63) is 0 Å². The van der Waals surface area contributed by atoms with Gasteiger partial charge in [-0.2, -0.15) is 10.2 Å². The molecule has 0 bridgehead atoms. The second kappa shape index (κ2) is 10.1. The van der Waals surface area contributed by atoms with Crippen LogP contribution in [0, 0.1) is 0 Å². The van der Waals surface area contributed by atoms with E-state index in [1.807, 2.05) is 0 Å². The Bertz CT molecular complexity index is 306. The predicted octanol–water partition coefficient (Wildman–Crippen LogP) is -0.966. The molecule has 92 valence electrons. The van der Waals surface area contributed by atoms with Gasteiger partial charge in [0.05, 0.1) is 11.9 Å². The molecule has 6 N–H and O–H groups in total. The molecule has 0 unspecified atom stereocenters. The fraction of sp³-hybridized carbons (Fsp3) is 0.429. The van der Waals surface area contributed by atoms with Gasteiger partial charge in [0.15, 0.2) is 0 Å². The minimum absolute atomic E-state index is 0. The highest BCUT2D eigenvalue weighted by Gasteiger charge is 1.87. The van der Waals surface area contributed by atoms with Crippen molar-refractivity contribution in [1.82, 2.24) is 10.9 Å². The van der Waals surface area contributed by atoms with E-state index in [0.717, 1.165) is 0 Å². The zero-order chi connectivity index (χ0) is 11.7. The van der Waals surface area contributed by atoms with Gasteiger partial charge in [0, 0.05) is 14.1 Å². The predicted molar refractivity (Wildman–Crippen MR) is 78.4 cm³/mol. The highest BCUT2D eigenvalue weighted by atomic mass is 127. The Morgan fingerprint density at radius 3 is 2.06 bits per heavy atom. The van der Waals surface area contributed by atoms with Crippen molar-refractivity contribution in [2.24, 2.45) is 31.7 Å². The van der Waals surface area contributed by atoms with Crippen molar-refractivity contribution in [1.29, 1.82) is 0 Å². The number of nitrogens with zero attached hydrogens (tertiary/aromatic N) is 4. The van der Waals surface area contributed by atoms with Gasteiger partial charge < -0.3 is 11.5 Å². The van der Waals surface area contributed by atoms with Crippen LogP contribution in [-0.2, 0) is 0 Å². The maximum Gasteiger partial charge on any atom is 0.209 e. The molecule has 0 saturated heterocycles. The minimum Gasteiger partial charge on any atom is -0.369 e. The topological polar surface area (TPSA) is 126 Å². The molecule has 0 aliphatic carbocycles. The number of nitrogens with two attached hydrogens (primary N) is 2. The number of halogens is 1. The Morgan fingerprint density at radius 1 is 1.06 bits per heavy atom. The van der Waals surface area contributed by atoms with Crippen LogP contribution < -0.4 is 22.3 Å². The average molecular weight is 340 g/mol. The third kappa shape index (κ3) is 9.18. The number of rotatable bonds is 3. The molecule has 0 amide bonds. The molecule has 16 heavy (non-hydrogen) atoms. The SMILES string of the molecule is CN=C(N)N/N=C/C(C)=N/NC(N)=NC.I. The number of guanidine groups is 2. The first-order valence-electron chi connectivity index (χ1n) is 4.14. The normalized spacial score (nSPS) is 13.6. The molecule has 0 aromatic carbocycles. The van der Waals surface area contributed by atoms with E-state index in [2.05, 4.69) is 31.0 Å². The zero-order valence-corrected chi connectivity index (χ0v) is 11.8. The summed E-state index contributed by atoms with van der Waals surface area (Å²) >= 11 is 0. The summed E-state index contributed by atoms with van der Waals surface area (Å²) in [4.78, 5) is 7.31. The van der Waals surface area contributed by atoms with Gasteiger partial charge in [0.2, 0.25) is 11.9 Å². The lowest BCUT2D eigenvalue weighted by atomic mass is 10.5. The molecule has 9 heteroatoms. The number of hydrogen-bond acceptors (Lipinski definition) is 4. The summed E-state index contributed by atoms with van der Waals surface area (Å²) in [5.41, 5.74) is 16.3. The smallest absolute Gasteiger partial charge is 0.209 e. The molecule has 0 aliphatic rings. The van der Waals surface area contributed by atoms with Gasteiger partial charge in [0.25, 0.3) is 0 Å². The minimum atomic E-state index is 0. The first-order valence-corrected chi connectivity index (χ1v) is 4.14. The van der Waals surface area contributed by atoms with Crippen molar-refractivity contribution in [3.63, 3.8) is 0 Å². The lowest BCUT2D eigenvalue weighted by Gasteiger charge is -1.98. The lowest BCUT2D eigenvalue weighted by Crippen LogP contribution is -2.29. The molecule has 0 radical (unpaired) electrons. The molecule has 0 aliphatic heterocycles. The second-order valence-corrected chi connectivity index (χ2v) is 2.45. The third-order valence-corrected chi connectivity index (χ3v) is 1.26. The van der Waals surface area contributed by atoms with E-state index in [4.69, 9.17) is 11.5 Å². The maximum atomic E-state index is 5.35. The molecule has 0 aromatic rings. The van der Waals surface area contributed by atoms with Crippen LogP contribution in [0.1, 0.15) is 6.92 Å². The van der Waals surface area contributed by atoms with Crippen LogP contribution in [0.4, 0.5) is 0 Å². The van der Waals surface area contributed by atoms with Crippen LogP contribution >= 0.6 is 24.0 Å². The standard InChI is InChI=1S/C7H16N8.HI/c1-5(13-15-7(9)11-3)4-12-14-6(8)10-2;/h4H,1-3H3,(H3,8,10,14)(H3,9,11,15);1H/b12-4+,13-5+;. The summed E-state index contributed by atoms with van der Waals surface area (Å²) in [6, 6.07) is 0. The lowest BCUT2D eigenvalue weighted by molar-refractivity contribution is 0.993. The van der Waals surface area contributed by atoms with E-state index in [1.165, 1.54) is 6.21 Å². The molecule has 0 aromatic heterocycles. The first-order chi connectivity index (χ1) is 7.10. The van der Waals surface area contributed by atoms with Crippen LogP contribution in [0.2, 0.25) is 0 Å². The fourth-order valence-corrected chi connectivity index (χ4v) is 0.466. The highest BCUT2D eigenvalue weighted by Crippen LogP contribution is 1.70. The molecular weight excluding hydrogens is 323 g/mol. The molecule has 0 heterocycles. The molecule has 0 fully saturated rings. The number of hydrogen-bond donors (Lipinski definition) is 4. The summed E-state index contributed by atoms with van der Waals surface area (Å²) in [6.45, 7) is 1.74. The van der Waals surface area contributed by atoms with Crippen LogP contribution in [0.3, 0.4) is 0 Å². The van der Waals surface area contributed by atoms with E-state index in [-0.39, 0.29) is 35.9 Å². The number of nitrogens with one attached hydrogen (secondary N) is 2. The van der Waals surface area contributed by atoms with E-state index in [9.17, 15) is 0 Å². The van der Waals surface area contributed by atoms with E-state index in [1.54, 1.807) is 21.0 Å².